The van der Waals surface area contributed by atoms with Crippen LogP contribution in [0.25, 0.3) is 0 Å². The highest BCUT2D eigenvalue weighted by Crippen LogP contribution is 1.34. The van der Waals surface area contributed by atoms with E-state index in [4.69, 9.17) is 0 Å². The Labute approximate surface area is 37.4 Å². The van der Waals surface area contributed by atoms with E-state index in [1.165, 1.54) is 6.38 Å². The first-order valence-electron chi connectivity index (χ1n) is 0.378. The van der Waals surface area contributed by atoms with Gasteiger partial charge in [-0.05, 0) is 0 Å². The van der Waals surface area contributed by atoms with Crippen LogP contribution in [0.1, 0.15) is 0 Å². The van der Waals surface area contributed by atoms with Gasteiger partial charge in [0.25, 0.3) is 0 Å². The van der Waals surface area contributed by atoms with Crippen LogP contribution in [0.5, 0.6) is 0 Å². The van der Waals surface area contributed by atoms with Gasteiger partial charge in [-0.1, -0.05) is 0 Å². The van der Waals surface area contributed by atoms with Gasteiger partial charge >= 0.3 is 0 Å². The van der Waals surface area contributed by atoms with Crippen molar-refractivity contribution in [3.63, 3.8) is 0 Å². The zero-order valence-electron chi connectivity index (χ0n) is 3.50. The van der Waals surface area contributed by atoms with Gasteiger partial charge in [0.2, 0.25) is 0 Å². The van der Waals surface area contributed by atoms with Crippen LogP contribution in [-0.2, 0) is 0 Å². The first-order valence-corrected chi connectivity index (χ1v) is 1.13. The van der Waals surface area contributed by atoms with Crippen molar-refractivity contribution in [1.82, 2.24) is 18.5 Å². The fourth-order valence-corrected chi connectivity index (χ4v) is 0. The molecule has 0 aromatic rings. The lowest BCUT2D eigenvalue weighted by Crippen LogP contribution is -0.852. The van der Waals surface area contributed by atoms with E-state index in [1.54, 1.807) is 0 Å². The normalized spacial score (nSPS) is 1.20. The van der Waals surface area contributed by atoms with E-state index >= 15 is 0 Å². The lowest BCUT2D eigenvalue weighted by molar-refractivity contribution is 2.13. The Kier molecular flexibility index (Phi) is 19000. The Morgan fingerprint density at radius 2 is 0.800 bits per heavy atom. The molecule has 0 rings (SSSR count). The van der Waals surface area contributed by atoms with Gasteiger partial charge in [-0.2, -0.15) is 0 Å². The van der Waals surface area contributed by atoms with E-state index in [0.717, 1.165) is 0 Å². The van der Waals surface area contributed by atoms with Crippen molar-refractivity contribution in [2.24, 2.45) is 0 Å². The lowest BCUT2D eigenvalue weighted by atomic mass is 12.0. The van der Waals surface area contributed by atoms with Crippen molar-refractivity contribution < 1.29 is 0 Å². The quantitative estimate of drug-likeness (QED) is 0.401. The molecule has 4 heteroatoms. The number of hydrogen-bond acceptors (Lipinski definition) is 3. The summed E-state index contributed by atoms with van der Waals surface area (Å²) < 4.78 is 0. The summed E-state index contributed by atoms with van der Waals surface area (Å²) in [5.41, 5.74) is 0. The highest BCUT2D eigenvalue weighted by molar-refractivity contribution is 6.15. The largest absolute Gasteiger partial charge is 0.344 e. The Morgan fingerprint density at radius 1 is 0.800 bits per heavy atom. The minimum atomic E-state index is 0. The topological polar surface area (TPSA) is 105 Å². The number of hydrogen-bond donors (Lipinski definition) is 3. The standard InChI is InChI=1S/CH3Cl.3H3N/c1-2;;;/h1H3;3*1H3. The maximum absolute atomic E-state index is 4.64. The molecule has 3 nitrogen and oxygen atoms in total. The van der Waals surface area contributed by atoms with Gasteiger partial charge in [-0.15, -0.1) is 11.6 Å². The van der Waals surface area contributed by atoms with Gasteiger partial charge in [0, 0.05) is 6.38 Å². The molecule has 0 aliphatic heterocycles. The molecule has 0 aliphatic rings. The van der Waals surface area contributed by atoms with Gasteiger partial charge in [0.05, 0.1) is 0 Å². The predicted octanol–water partition coefficient (Wildman–Crippen LogP) is 1.34. The summed E-state index contributed by atoms with van der Waals surface area (Å²) in [6, 6.07) is 0. The molecule has 0 unspecified atom stereocenters. The van der Waals surface area contributed by atoms with E-state index in [1.807, 2.05) is 0 Å². The molecule has 38 valence electrons. The molecule has 0 spiro atoms. The highest BCUT2D eigenvalue weighted by atomic mass is 35.5. The number of rotatable bonds is 0. The van der Waals surface area contributed by atoms with Gasteiger partial charge in [-0.25, -0.2) is 0 Å². The minimum absolute atomic E-state index is 0. The van der Waals surface area contributed by atoms with Crippen LogP contribution in [-0.4, -0.2) is 6.38 Å². The first kappa shape index (κ1) is 65.7. The SMILES string of the molecule is CCl.N.N.N. The number of halogens is 1. The Bertz CT molecular complexity index is 6.85. The molecular weight excluding hydrogens is 89.5 g/mol. The zero-order chi connectivity index (χ0) is 2.00. The minimum Gasteiger partial charge on any atom is -0.344 e. The average molecular weight is 102 g/mol. The van der Waals surface area contributed by atoms with Crippen molar-refractivity contribution in [1.29, 1.82) is 0 Å². The molecular formula is CH12ClN3. The second-order valence-electron chi connectivity index (χ2n) is 0. The molecule has 0 saturated carbocycles. The summed E-state index contributed by atoms with van der Waals surface area (Å²) >= 11 is 4.64. The van der Waals surface area contributed by atoms with E-state index < -0.39 is 0 Å². The van der Waals surface area contributed by atoms with Crippen molar-refractivity contribution in [2.45, 2.75) is 0 Å². The van der Waals surface area contributed by atoms with Crippen LogP contribution in [0.2, 0.25) is 0 Å². The summed E-state index contributed by atoms with van der Waals surface area (Å²) in [4.78, 5) is 0. The van der Waals surface area contributed by atoms with Crippen molar-refractivity contribution in [3.8, 4) is 0 Å². The monoisotopic (exact) mass is 101 g/mol. The summed E-state index contributed by atoms with van der Waals surface area (Å²) in [5, 5.41) is 0. The molecule has 0 aromatic carbocycles. The summed E-state index contributed by atoms with van der Waals surface area (Å²) in [6.45, 7) is 0. The summed E-state index contributed by atoms with van der Waals surface area (Å²) in [5.74, 6) is 0. The lowest BCUT2D eigenvalue weighted by Gasteiger charge is -1.06. The van der Waals surface area contributed by atoms with Crippen LogP contribution in [0, 0.1) is 0 Å². The summed E-state index contributed by atoms with van der Waals surface area (Å²) in [7, 11) is 0. The second kappa shape index (κ2) is 1450. The average Bonchev–Trinajstić information content (AvgIpc) is 1.00. The number of alkyl halides is 1. The fraction of sp³-hybridized carbons (Fsp3) is 1.00. The van der Waals surface area contributed by atoms with Gasteiger partial charge in [0.15, 0.2) is 0 Å². The smallest absolute Gasteiger partial charge is 0.0108 e. The molecule has 5 heavy (non-hydrogen) atoms. The first-order chi connectivity index (χ1) is 1.00. The van der Waals surface area contributed by atoms with Crippen molar-refractivity contribution in [2.75, 3.05) is 6.38 Å². The molecule has 0 aromatic heterocycles. The van der Waals surface area contributed by atoms with Gasteiger partial charge in [-0.3, -0.25) is 0 Å². The molecule has 0 heterocycles. The molecule has 0 fully saturated rings. The Hall–Kier alpha value is 0.170. The van der Waals surface area contributed by atoms with Crippen LogP contribution in [0.3, 0.4) is 0 Å². The van der Waals surface area contributed by atoms with E-state index in [-0.39, 0.29) is 18.5 Å². The van der Waals surface area contributed by atoms with E-state index in [0.29, 0.717) is 0 Å². The van der Waals surface area contributed by atoms with Crippen molar-refractivity contribution >= 4 is 11.6 Å². The third kappa shape index (κ3) is 679. The van der Waals surface area contributed by atoms with E-state index in [2.05, 4.69) is 11.6 Å². The molecule has 0 saturated heterocycles. The fourth-order valence-electron chi connectivity index (χ4n) is 0. The Morgan fingerprint density at radius 3 is 0.800 bits per heavy atom. The van der Waals surface area contributed by atoms with Crippen molar-refractivity contribution in [3.05, 3.63) is 0 Å². The second-order valence-corrected chi connectivity index (χ2v) is 0. The van der Waals surface area contributed by atoms with E-state index in [9.17, 15) is 0 Å². The zero-order valence-corrected chi connectivity index (χ0v) is 4.26. The predicted molar refractivity (Wildman–Crippen MR) is 26.8 cm³/mol. The third-order valence-corrected chi connectivity index (χ3v) is 0. The van der Waals surface area contributed by atoms with Crippen LogP contribution >= 0.6 is 11.6 Å². The third-order valence-electron chi connectivity index (χ3n) is 0. The maximum Gasteiger partial charge on any atom is 0.0108 e. The van der Waals surface area contributed by atoms with Gasteiger partial charge in [0.1, 0.15) is 0 Å². The van der Waals surface area contributed by atoms with Crippen LogP contribution in [0.4, 0.5) is 0 Å². The molecule has 0 bridgehead atoms. The maximum atomic E-state index is 4.64. The molecule has 0 amide bonds. The molecule has 0 radical (unpaired) electrons. The highest BCUT2D eigenvalue weighted by Gasteiger charge is 0.943. The van der Waals surface area contributed by atoms with Crippen LogP contribution in [0.15, 0.2) is 0 Å². The van der Waals surface area contributed by atoms with Gasteiger partial charge < -0.3 is 18.5 Å². The molecule has 0 atom stereocenters. The Balaban J connectivity index is -0.00000000167. The molecule has 0 aliphatic carbocycles. The van der Waals surface area contributed by atoms with Crippen LogP contribution < -0.4 is 18.5 Å². The summed E-state index contributed by atoms with van der Waals surface area (Å²) in [6.07, 6.45) is 1.47. The molecule has 9 N–H and O–H groups in total.